The standard InChI is InChI=1S/C26H31ClFN5/c1-17-4-2-7-24(29)22-13-25(31-16-23(22)27)33-21-10-8-18(9-11-21)14-32-26(28)20-6-3-5-19(12-20)15-30-17/h2-7,12-13,16,18,21,26,30,32H,1,8-11,14-15,29H2,(H,31,33)/b4-2-,24-7-. The van der Waals surface area contributed by atoms with Gasteiger partial charge in [0.1, 0.15) is 5.82 Å². The molecule has 174 valence electrons. The molecule has 7 heteroatoms. The summed E-state index contributed by atoms with van der Waals surface area (Å²) < 4.78 is 14.9. The third-order valence-corrected chi connectivity index (χ3v) is 6.59. The highest BCUT2D eigenvalue weighted by Gasteiger charge is 2.23. The Morgan fingerprint density at radius 1 is 1.15 bits per heavy atom. The van der Waals surface area contributed by atoms with Gasteiger partial charge in [-0.25, -0.2) is 9.37 Å². The molecular formula is C26H31ClFN5. The lowest BCUT2D eigenvalue weighted by Crippen LogP contribution is -2.32. The third-order valence-electron chi connectivity index (χ3n) is 6.29. The second-order valence-electron chi connectivity index (χ2n) is 8.79. The van der Waals surface area contributed by atoms with Crippen molar-refractivity contribution in [2.24, 2.45) is 11.7 Å². The van der Waals surface area contributed by atoms with Crippen LogP contribution in [0.3, 0.4) is 0 Å². The molecule has 2 aromatic rings. The highest BCUT2D eigenvalue weighted by molar-refractivity contribution is 6.32. The van der Waals surface area contributed by atoms with Crippen LogP contribution in [-0.2, 0) is 6.54 Å². The first kappa shape index (κ1) is 23.3. The van der Waals surface area contributed by atoms with Gasteiger partial charge in [-0.2, -0.15) is 0 Å². The van der Waals surface area contributed by atoms with Crippen LogP contribution in [0.25, 0.3) is 5.70 Å². The van der Waals surface area contributed by atoms with E-state index in [1.807, 2.05) is 42.5 Å². The zero-order valence-electron chi connectivity index (χ0n) is 18.7. The Balaban J connectivity index is 1.56. The van der Waals surface area contributed by atoms with Crippen LogP contribution in [0, 0.1) is 5.92 Å². The summed E-state index contributed by atoms with van der Waals surface area (Å²) in [6.07, 6.45) is 10.0. The fourth-order valence-corrected chi connectivity index (χ4v) is 4.55. The molecule has 0 amide bonds. The van der Waals surface area contributed by atoms with Gasteiger partial charge in [-0.15, -0.1) is 0 Å². The molecule has 5 N–H and O–H groups in total. The Morgan fingerprint density at radius 3 is 2.79 bits per heavy atom. The molecule has 1 saturated carbocycles. The molecule has 33 heavy (non-hydrogen) atoms. The number of anilines is 1. The normalized spacial score (nSPS) is 26.8. The summed E-state index contributed by atoms with van der Waals surface area (Å²) in [4.78, 5) is 4.43. The fourth-order valence-electron chi connectivity index (χ4n) is 4.34. The van der Waals surface area contributed by atoms with Gasteiger partial charge in [0.25, 0.3) is 0 Å². The average molecular weight is 468 g/mol. The maximum Gasteiger partial charge on any atom is 0.176 e. The van der Waals surface area contributed by atoms with Crippen LogP contribution < -0.4 is 21.7 Å². The number of fused-ring (bicyclic) bond motifs is 8. The largest absolute Gasteiger partial charge is 0.398 e. The first-order valence-corrected chi connectivity index (χ1v) is 11.8. The Hall–Kier alpha value is -2.83. The van der Waals surface area contributed by atoms with Crippen LogP contribution >= 0.6 is 11.6 Å². The Kier molecular flexibility index (Phi) is 7.68. The predicted molar refractivity (Wildman–Crippen MR) is 134 cm³/mol. The monoisotopic (exact) mass is 467 g/mol. The number of allylic oxidation sites excluding steroid dienone is 3. The van der Waals surface area contributed by atoms with E-state index in [0.29, 0.717) is 41.3 Å². The predicted octanol–water partition coefficient (Wildman–Crippen LogP) is 5.44. The lowest BCUT2D eigenvalue weighted by molar-refractivity contribution is 0.239. The number of halogens is 2. The van der Waals surface area contributed by atoms with Crippen molar-refractivity contribution in [1.82, 2.24) is 15.6 Å². The van der Waals surface area contributed by atoms with Gasteiger partial charge in [-0.1, -0.05) is 42.5 Å². The molecule has 1 fully saturated rings. The van der Waals surface area contributed by atoms with Gasteiger partial charge < -0.3 is 16.4 Å². The molecule has 1 aromatic carbocycles. The van der Waals surface area contributed by atoms with E-state index >= 15 is 0 Å². The lowest BCUT2D eigenvalue weighted by Gasteiger charge is -2.30. The minimum absolute atomic E-state index is 0.328. The highest BCUT2D eigenvalue weighted by Crippen LogP contribution is 2.29. The van der Waals surface area contributed by atoms with Crippen molar-refractivity contribution in [3.8, 4) is 0 Å². The van der Waals surface area contributed by atoms with Gasteiger partial charge in [0, 0.05) is 47.8 Å². The molecule has 1 aliphatic carbocycles. The molecule has 3 heterocycles. The molecule has 5 nitrogen and oxygen atoms in total. The van der Waals surface area contributed by atoms with E-state index in [4.69, 9.17) is 17.3 Å². The number of rotatable bonds is 0. The van der Waals surface area contributed by atoms with Gasteiger partial charge in [0.05, 0.1) is 5.02 Å². The van der Waals surface area contributed by atoms with Gasteiger partial charge in [0.2, 0.25) is 0 Å². The molecule has 0 spiro atoms. The van der Waals surface area contributed by atoms with Crippen LogP contribution in [0.2, 0.25) is 5.02 Å². The van der Waals surface area contributed by atoms with E-state index in [1.54, 1.807) is 12.3 Å². The van der Waals surface area contributed by atoms with Crippen molar-refractivity contribution in [2.45, 2.75) is 44.6 Å². The summed E-state index contributed by atoms with van der Waals surface area (Å²) in [5.74, 6) is 1.22. The molecule has 1 unspecified atom stereocenters. The molecule has 3 aliphatic rings. The summed E-state index contributed by atoms with van der Waals surface area (Å²) >= 11 is 6.36. The number of nitrogens with two attached hydrogens (primary N) is 1. The van der Waals surface area contributed by atoms with E-state index in [9.17, 15) is 4.39 Å². The molecule has 6 bridgehead atoms. The first-order valence-electron chi connectivity index (χ1n) is 11.4. The van der Waals surface area contributed by atoms with Crippen LogP contribution in [-0.4, -0.2) is 17.6 Å². The number of pyridine rings is 1. The zero-order valence-corrected chi connectivity index (χ0v) is 19.4. The minimum Gasteiger partial charge on any atom is -0.398 e. The number of alkyl halides is 1. The van der Waals surface area contributed by atoms with Crippen molar-refractivity contribution in [3.05, 3.63) is 88.7 Å². The smallest absolute Gasteiger partial charge is 0.176 e. The van der Waals surface area contributed by atoms with Crippen molar-refractivity contribution in [1.29, 1.82) is 0 Å². The molecule has 0 radical (unpaired) electrons. The van der Waals surface area contributed by atoms with E-state index < -0.39 is 6.30 Å². The molecule has 2 aliphatic heterocycles. The first-order chi connectivity index (χ1) is 16.0. The van der Waals surface area contributed by atoms with Gasteiger partial charge in [0.15, 0.2) is 6.30 Å². The van der Waals surface area contributed by atoms with Crippen LogP contribution in [0.1, 0.15) is 48.7 Å². The summed E-state index contributed by atoms with van der Waals surface area (Å²) in [5, 5.41) is 10.4. The second kappa shape index (κ2) is 10.9. The molecule has 0 saturated heterocycles. The summed E-state index contributed by atoms with van der Waals surface area (Å²) in [5.41, 5.74) is 9.96. The summed E-state index contributed by atoms with van der Waals surface area (Å²) in [7, 11) is 0. The summed E-state index contributed by atoms with van der Waals surface area (Å²) in [6, 6.07) is 9.81. The maximum absolute atomic E-state index is 14.9. The van der Waals surface area contributed by atoms with Gasteiger partial charge in [-0.05, 0) is 61.4 Å². The molecule has 5 rings (SSSR count). The summed E-state index contributed by atoms with van der Waals surface area (Å²) in [6.45, 7) is 5.25. The van der Waals surface area contributed by atoms with Gasteiger partial charge >= 0.3 is 0 Å². The topological polar surface area (TPSA) is 75.0 Å². The lowest BCUT2D eigenvalue weighted by atomic mass is 9.86. The number of benzene rings is 1. The number of nitrogens with one attached hydrogen (secondary N) is 3. The second-order valence-corrected chi connectivity index (χ2v) is 9.19. The van der Waals surface area contributed by atoms with E-state index in [-0.39, 0.29) is 0 Å². The molecular weight excluding hydrogens is 437 g/mol. The number of nitrogens with zero attached hydrogens (tertiary/aromatic N) is 1. The van der Waals surface area contributed by atoms with Gasteiger partial charge in [-0.3, -0.25) is 5.32 Å². The van der Waals surface area contributed by atoms with Crippen LogP contribution in [0.4, 0.5) is 10.2 Å². The minimum atomic E-state index is -1.18. The number of aromatic nitrogens is 1. The van der Waals surface area contributed by atoms with Crippen molar-refractivity contribution in [2.75, 3.05) is 11.9 Å². The molecule has 1 atom stereocenters. The Bertz CT molecular complexity index is 1040. The quantitative estimate of drug-likeness (QED) is 0.388. The van der Waals surface area contributed by atoms with Crippen molar-refractivity contribution < 1.29 is 4.39 Å². The third kappa shape index (κ3) is 6.36. The van der Waals surface area contributed by atoms with Crippen LogP contribution in [0.15, 0.2) is 67.0 Å². The average Bonchev–Trinajstić information content (AvgIpc) is 2.83. The van der Waals surface area contributed by atoms with Crippen molar-refractivity contribution in [3.63, 3.8) is 0 Å². The number of hydrogen-bond donors (Lipinski definition) is 4. The van der Waals surface area contributed by atoms with E-state index in [2.05, 4.69) is 27.5 Å². The fraction of sp³-hybridized carbons (Fsp3) is 0.346. The Labute approximate surface area is 200 Å². The zero-order chi connectivity index (χ0) is 23.2. The maximum atomic E-state index is 14.9. The number of hydrogen-bond acceptors (Lipinski definition) is 5. The Morgan fingerprint density at radius 2 is 1.97 bits per heavy atom. The van der Waals surface area contributed by atoms with E-state index in [0.717, 1.165) is 48.3 Å². The van der Waals surface area contributed by atoms with Crippen LogP contribution in [0.5, 0.6) is 0 Å². The highest BCUT2D eigenvalue weighted by atomic mass is 35.5. The van der Waals surface area contributed by atoms with Crippen molar-refractivity contribution >= 4 is 23.1 Å². The SMILES string of the molecule is C=C1/C=C\C=C(/N)c2cc(ncc2Cl)NC2CCC(CC2)CNC(F)c2cccc(c2)CN1. The van der Waals surface area contributed by atoms with E-state index in [1.165, 1.54) is 0 Å². The molecule has 1 aromatic heterocycles.